The van der Waals surface area contributed by atoms with Crippen molar-refractivity contribution in [3.8, 4) is 0 Å². The Morgan fingerprint density at radius 1 is 1.60 bits per heavy atom. The van der Waals surface area contributed by atoms with Crippen molar-refractivity contribution in [2.45, 2.75) is 19.6 Å². The quantitative estimate of drug-likeness (QED) is 0.835. The highest BCUT2D eigenvalue weighted by Gasteiger charge is 2.10. The van der Waals surface area contributed by atoms with Gasteiger partial charge in [0.2, 0.25) is 0 Å². The van der Waals surface area contributed by atoms with Crippen LogP contribution in [0.3, 0.4) is 0 Å². The Morgan fingerprint density at radius 3 is 2.93 bits per heavy atom. The lowest BCUT2D eigenvalue weighted by atomic mass is 10.2. The summed E-state index contributed by atoms with van der Waals surface area (Å²) < 4.78 is 0. The number of carboxylic acids is 1. The Morgan fingerprint density at radius 2 is 2.33 bits per heavy atom. The van der Waals surface area contributed by atoms with E-state index in [2.05, 4.69) is 4.98 Å². The predicted octanol–water partition coefficient (Wildman–Crippen LogP) is 2.34. The molecule has 0 spiro atoms. The van der Waals surface area contributed by atoms with Crippen LogP contribution in [0.2, 0.25) is 0 Å². The van der Waals surface area contributed by atoms with Gasteiger partial charge < -0.3 is 5.11 Å². The highest BCUT2D eigenvalue weighted by molar-refractivity contribution is 7.98. The first-order valence-corrected chi connectivity index (χ1v) is 5.98. The minimum absolute atomic E-state index is 0.292. The van der Waals surface area contributed by atoms with E-state index in [0.717, 1.165) is 17.1 Å². The molecule has 82 valence electrons. The van der Waals surface area contributed by atoms with Crippen molar-refractivity contribution >= 4 is 17.7 Å². The summed E-state index contributed by atoms with van der Waals surface area (Å²) in [6.45, 7) is 3.67. The molecule has 1 aromatic rings. The number of carboxylic acid groups (broad SMARTS) is 1. The van der Waals surface area contributed by atoms with Crippen molar-refractivity contribution in [2.24, 2.45) is 5.92 Å². The third kappa shape index (κ3) is 4.34. The molecule has 1 unspecified atom stereocenters. The van der Waals surface area contributed by atoms with Gasteiger partial charge in [-0.3, -0.25) is 9.78 Å². The van der Waals surface area contributed by atoms with Crippen LogP contribution in [-0.2, 0) is 10.5 Å². The zero-order valence-electron chi connectivity index (χ0n) is 8.93. The molecule has 0 saturated carbocycles. The van der Waals surface area contributed by atoms with Gasteiger partial charge in [0.1, 0.15) is 0 Å². The maximum atomic E-state index is 10.6. The van der Waals surface area contributed by atoms with E-state index in [1.165, 1.54) is 0 Å². The molecule has 1 aromatic heterocycles. The van der Waals surface area contributed by atoms with Crippen molar-refractivity contribution in [3.63, 3.8) is 0 Å². The molecule has 0 aliphatic heterocycles. The summed E-state index contributed by atoms with van der Waals surface area (Å²) in [6, 6.07) is 5.89. The number of thioether (sulfide) groups is 1. The van der Waals surface area contributed by atoms with Gasteiger partial charge in [-0.15, -0.1) is 0 Å². The van der Waals surface area contributed by atoms with E-state index >= 15 is 0 Å². The summed E-state index contributed by atoms with van der Waals surface area (Å²) in [5.74, 6) is 0.379. The lowest BCUT2D eigenvalue weighted by Gasteiger charge is -2.05. The van der Waals surface area contributed by atoms with Gasteiger partial charge in [0.05, 0.1) is 11.6 Å². The van der Waals surface area contributed by atoms with E-state index < -0.39 is 5.97 Å². The smallest absolute Gasteiger partial charge is 0.307 e. The molecule has 1 atom stereocenters. The first-order chi connectivity index (χ1) is 7.09. The number of aromatic nitrogens is 1. The second kappa shape index (κ2) is 5.75. The number of carbonyl (C=O) groups is 1. The van der Waals surface area contributed by atoms with Crippen molar-refractivity contribution < 1.29 is 9.90 Å². The van der Waals surface area contributed by atoms with Gasteiger partial charge in [-0.05, 0) is 19.1 Å². The van der Waals surface area contributed by atoms with E-state index in [4.69, 9.17) is 5.11 Å². The lowest BCUT2D eigenvalue weighted by Crippen LogP contribution is -2.11. The van der Waals surface area contributed by atoms with E-state index in [1.807, 2.05) is 25.1 Å². The first-order valence-electron chi connectivity index (χ1n) is 4.82. The molecule has 0 amide bonds. The van der Waals surface area contributed by atoms with Crippen LogP contribution in [0.4, 0.5) is 0 Å². The number of rotatable bonds is 5. The Hall–Kier alpha value is -1.03. The number of nitrogens with zero attached hydrogens (tertiary/aromatic N) is 1. The van der Waals surface area contributed by atoms with Gasteiger partial charge in [0.25, 0.3) is 0 Å². The minimum Gasteiger partial charge on any atom is -0.481 e. The van der Waals surface area contributed by atoms with E-state index in [-0.39, 0.29) is 5.92 Å². The van der Waals surface area contributed by atoms with Gasteiger partial charge in [-0.2, -0.15) is 11.8 Å². The van der Waals surface area contributed by atoms with Crippen LogP contribution >= 0.6 is 11.8 Å². The summed E-state index contributed by atoms with van der Waals surface area (Å²) >= 11 is 1.61. The van der Waals surface area contributed by atoms with Crippen molar-refractivity contribution in [3.05, 3.63) is 29.6 Å². The molecule has 0 fully saturated rings. The van der Waals surface area contributed by atoms with E-state index in [0.29, 0.717) is 5.75 Å². The fourth-order valence-corrected chi connectivity index (χ4v) is 2.08. The fourth-order valence-electron chi connectivity index (χ4n) is 1.09. The molecule has 0 saturated heterocycles. The Kier molecular flexibility index (Phi) is 4.62. The molecule has 0 aliphatic carbocycles. The van der Waals surface area contributed by atoms with Crippen LogP contribution in [0.5, 0.6) is 0 Å². The van der Waals surface area contributed by atoms with Gasteiger partial charge in [-0.1, -0.05) is 13.0 Å². The summed E-state index contributed by atoms with van der Waals surface area (Å²) in [5.41, 5.74) is 2.01. The molecule has 4 heteroatoms. The largest absolute Gasteiger partial charge is 0.481 e. The van der Waals surface area contributed by atoms with E-state index in [9.17, 15) is 4.79 Å². The van der Waals surface area contributed by atoms with Gasteiger partial charge >= 0.3 is 5.97 Å². The van der Waals surface area contributed by atoms with Crippen LogP contribution in [0.15, 0.2) is 18.2 Å². The van der Waals surface area contributed by atoms with E-state index in [1.54, 1.807) is 18.7 Å². The number of aryl methyl sites for hydroxylation is 1. The first kappa shape index (κ1) is 12.0. The molecular formula is C11H15NO2S. The Labute approximate surface area is 93.9 Å². The van der Waals surface area contributed by atoms with Gasteiger partial charge in [0.15, 0.2) is 0 Å². The number of hydrogen-bond donors (Lipinski definition) is 1. The summed E-state index contributed by atoms with van der Waals surface area (Å²) in [7, 11) is 0. The monoisotopic (exact) mass is 225 g/mol. The summed E-state index contributed by atoms with van der Waals surface area (Å²) in [5, 5.41) is 8.69. The minimum atomic E-state index is -0.736. The molecule has 15 heavy (non-hydrogen) atoms. The molecule has 3 nitrogen and oxygen atoms in total. The summed E-state index contributed by atoms with van der Waals surface area (Å²) in [4.78, 5) is 14.9. The van der Waals surface area contributed by atoms with Crippen LogP contribution < -0.4 is 0 Å². The molecule has 1 heterocycles. The molecule has 0 aliphatic rings. The third-order valence-electron chi connectivity index (χ3n) is 1.99. The number of hydrogen-bond acceptors (Lipinski definition) is 3. The third-order valence-corrected chi connectivity index (χ3v) is 3.22. The highest BCUT2D eigenvalue weighted by Crippen LogP contribution is 2.14. The topological polar surface area (TPSA) is 50.2 Å². The molecule has 0 radical (unpaired) electrons. The highest BCUT2D eigenvalue weighted by atomic mass is 32.2. The molecule has 1 rings (SSSR count). The average molecular weight is 225 g/mol. The standard InChI is InChI=1S/C11H15NO2S/c1-8(11(13)14)6-15-7-10-5-3-4-9(2)12-10/h3-5,8H,6-7H2,1-2H3,(H,13,14). The average Bonchev–Trinajstić information content (AvgIpc) is 2.17. The predicted molar refractivity (Wildman–Crippen MR) is 61.9 cm³/mol. The summed E-state index contributed by atoms with van der Waals surface area (Å²) in [6.07, 6.45) is 0. The lowest BCUT2D eigenvalue weighted by molar-refractivity contribution is -0.140. The van der Waals surface area contributed by atoms with Crippen LogP contribution in [-0.4, -0.2) is 21.8 Å². The fraction of sp³-hybridized carbons (Fsp3) is 0.455. The second-order valence-electron chi connectivity index (χ2n) is 3.52. The van der Waals surface area contributed by atoms with Crippen LogP contribution in [0.1, 0.15) is 18.3 Å². The molecule has 0 aromatic carbocycles. The molecule has 0 bridgehead atoms. The van der Waals surface area contributed by atoms with Crippen molar-refractivity contribution in [2.75, 3.05) is 5.75 Å². The van der Waals surface area contributed by atoms with Crippen LogP contribution in [0.25, 0.3) is 0 Å². The SMILES string of the molecule is Cc1cccc(CSCC(C)C(=O)O)n1. The van der Waals surface area contributed by atoms with Crippen molar-refractivity contribution in [1.82, 2.24) is 4.98 Å². The normalized spacial score (nSPS) is 12.4. The van der Waals surface area contributed by atoms with Crippen LogP contribution in [0, 0.1) is 12.8 Å². The molecular weight excluding hydrogens is 210 g/mol. The maximum absolute atomic E-state index is 10.6. The number of aliphatic carboxylic acids is 1. The van der Waals surface area contributed by atoms with Gasteiger partial charge in [0, 0.05) is 17.2 Å². The zero-order valence-corrected chi connectivity index (χ0v) is 9.75. The van der Waals surface area contributed by atoms with Gasteiger partial charge in [-0.25, -0.2) is 0 Å². The molecule has 1 N–H and O–H groups in total. The second-order valence-corrected chi connectivity index (χ2v) is 4.55. The maximum Gasteiger partial charge on any atom is 0.307 e. The Balaban J connectivity index is 2.35. The number of pyridine rings is 1. The van der Waals surface area contributed by atoms with Crippen molar-refractivity contribution in [1.29, 1.82) is 0 Å². The zero-order chi connectivity index (χ0) is 11.3. The Bertz CT molecular complexity index is 341.